The third-order valence-corrected chi connectivity index (χ3v) is 2.45. The molecule has 16 heavy (non-hydrogen) atoms. The van der Waals surface area contributed by atoms with Gasteiger partial charge in [0.15, 0.2) is 5.78 Å². The number of carbonyl (C=O) groups is 1. The molecule has 0 fully saturated rings. The van der Waals surface area contributed by atoms with E-state index in [2.05, 4.69) is 15.9 Å². The number of carbonyl (C=O) groups excluding carboxylic acids is 1. The van der Waals surface area contributed by atoms with Crippen LogP contribution in [0.25, 0.3) is 0 Å². The van der Waals surface area contributed by atoms with E-state index in [0.29, 0.717) is 0 Å². The predicted molar refractivity (Wildman–Crippen MR) is 70.6 cm³/mol. The maximum Gasteiger partial charge on any atom is 0.159 e. The van der Waals surface area contributed by atoms with Crippen LogP contribution in [0.2, 0.25) is 0 Å². The van der Waals surface area contributed by atoms with E-state index in [0.717, 1.165) is 10.0 Å². The average Bonchev–Trinajstić information content (AvgIpc) is 2.32. The van der Waals surface area contributed by atoms with E-state index in [1.807, 2.05) is 48.5 Å². The summed E-state index contributed by atoms with van der Waals surface area (Å²) in [5.74, 6) is 0.104. The molecule has 0 spiro atoms. The van der Waals surface area contributed by atoms with Gasteiger partial charge in [-0.3, -0.25) is 4.79 Å². The molecule has 82 valence electrons. The fourth-order valence-corrected chi connectivity index (χ4v) is 1.33. The summed E-state index contributed by atoms with van der Waals surface area (Å²) in [5.41, 5.74) is 0.753. The van der Waals surface area contributed by atoms with Gasteiger partial charge in [0.25, 0.3) is 0 Å². The molecule has 0 atom stereocenters. The van der Waals surface area contributed by atoms with Crippen molar-refractivity contribution in [2.45, 2.75) is 6.92 Å². The van der Waals surface area contributed by atoms with Crippen molar-refractivity contribution in [1.82, 2.24) is 0 Å². The van der Waals surface area contributed by atoms with Gasteiger partial charge < -0.3 is 0 Å². The summed E-state index contributed by atoms with van der Waals surface area (Å²) in [6, 6.07) is 19.3. The summed E-state index contributed by atoms with van der Waals surface area (Å²) in [7, 11) is 0. The summed E-state index contributed by atoms with van der Waals surface area (Å²) in [4.78, 5) is 10.7. The molecule has 0 bridgehead atoms. The maximum absolute atomic E-state index is 10.7. The van der Waals surface area contributed by atoms with Gasteiger partial charge in [-0.2, -0.15) is 0 Å². The van der Waals surface area contributed by atoms with Crippen molar-refractivity contribution in [3.05, 3.63) is 70.7 Å². The molecule has 0 saturated heterocycles. The number of rotatable bonds is 1. The van der Waals surface area contributed by atoms with E-state index in [1.165, 1.54) is 0 Å². The molecule has 0 heterocycles. The van der Waals surface area contributed by atoms with Crippen molar-refractivity contribution < 1.29 is 4.79 Å². The molecule has 0 aliphatic carbocycles. The lowest BCUT2D eigenvalue weighted by Crippen LogP contribution is -1.89. The number of halogens is 1. The lowest BCUT2D eigenvalue weighted by molar-refractivity contribution is 0.101. The Kier molecular flexibility index (Phi) is 5.51. The Morgan fingerprint density at radius 2 is 1.25 bits per heavy atom. The van der Waals surface area contributed by atoms with Crippen LogP contribution in [-0.2, 0) is 0 Å². The maximum atomic E-state index is 10.7. The van der Waals surface area contributed by atoms with Crippen molar-refractivity contribution in [2.75, 3.05) is 0 Å². The third-order valence-electron chi connectivity index (χ3n) is 1.92. The first kappa shape index (κ1) is 12.7. The molecule has 0 aromatic heterocycles. The van der Waals surface area contributed by atoms with Gasteiger partial charge in [0.05, 0.1) is 0 Å². The first-order valence-corrected chi connectivity index (χ1v) is 5.76. The molecule has 2 heteroatoms. The molecule has 0 amide bonds. The largest absolute Gasteiger partial charge is 0.295 e. The second kappa shape index (κ2) is 6.96. The standard InChI is InChI=1S/C8H7BrO.C6H6/c1-6(10)7-2-4-8(9)5-3-7;1-2-4-6-5-3-1/h2-5H,1H3;1-6H. The molecule has 0 unspecified atom stereocenters. The zero-order valence-electron chi connectivity index (χ0n) is 9.06. The van der Waals surface area contributed by atoms with Crippen LogP contribution in [0.5, 0.6) is 0 Å². The van der Waals surface area contributed by atoms with Crippen molar-refractivity contribution in [1.29, 1.82) is 0 Å². The Labute approximate surface area is 104 Å². The quantitative estimate of drug-likeness (QED) is 0.709. The molecule has 0 radical (unpaired) electrons. The van der Waals surface area contributed by atoms with Gasteiger partial charge in [0.1, 0.15) is 0 Å². The summed E-state index contributed by atoms with van der Waals surface area (Å²) in [6.07, 6.45) is 0. The van der Waals surface area contributed by atoms with Crippen LogP contribution in [0, 0.1) is 0 Å². The molecule has 0 aliphatic rings. The van der Waals surface area contributed by atoms with E-state index in [9.17, 15) is 4.79 Å². The highest BCUT2D eigenvalue weighted by Crippen LogP contribution is 2.10. The summed E-state index contributed by atoms with van der Waals surface area (Å²) < 4.78 is 0.998. The summed E-state index contributed by atoms with van der Waals surface area (Å²) in [5, 5.41) is 0. The van der Waals surface area contributed by atoms with Crippen molar-refractivity contribution in [3.63, 3.8) is 0 Å². The molecule has 2 aromatic rings. The number of Topliss-reactive ketones (excluding diaryl/α,β-unsaturated/α-hetero) is 1. The summed E-state index contributed by atoms with van der Waals surface area (Å²) in [6.45, 7) is 1.56. The zero-order chi connectivity index (χ0) is 11.8. The third kappa shape index (κ3) is 4.89. The highest BCUT2D eigenvalue weighted by atomic mass is 79.9. The second-order valence-corrected chi connectivity index (χ2v) is 4.13. The van der Waals surface area contributed by atoms with Gasteiger partial charge in [-0.25, -0.2) is 0 Å². The van der Waals surface area contributed by atoms with Crippen LogP contribution in [0.1, 0.15) is 17.3 Å². The van der Waals surface area contributed by atoms with Gasteiger partial charge in [-0.05, 0) is 19.1 Å². The smallest absolute Gasteiger partial charge is 0.159 e. The van der Waals surface area contributed by atoms with Gasteiger partial charge in [-0.1, -0.05) is 64.5 Å². The predicted octanol–water partition coefficient (Wildman–Crippen LogP) is 4.34. The Balaban J connectivity index is 0.000000181. The molecule has 2 rings (SSSR count). The Bertz CT molecular complexity index is 394. The minimum atomic E-state index is 0.104. The Hall–Kier alpha value is -1.41. The molecule has 0 saturated carbocycles. The number of hydrogen-bond acceptors (Lipinski definition) is 1. The van der Waals surface area contributed by atoms with Crippen LogP contribution in [0.3, 0.4) is 0 Å². The van der Waals surface area contributed by atoms with E-state index >= 15 is 0 Å². The van der Waals surface area contributed by atoms with E-state index in [1.54, 1.807) is 19.1 Å². The Morgan fingerprint density at radius 3 is 1.56 bits per heavy atom. The number of hydrogen-bond donors (Lipinski definition) is 0. The van der Waals surface area contributed by atoms with Crippen molar-refractivity contribution in [3.8, 4) is 0 Å². The second-order valence-electron chi connectivity index (χ2n) is 3.22. The zero-order valence-corrected chi connectivity index (χ0v) is 10.6. The van der Waals surface area contributed by atoms with Gasteiger partial charge in [-0.15, -0.1) is 0 Å². The van der Waals surface area contributed by atoms with Crippen LogP contribution in [0.4, 0.5) is 0 Å². The van der Waals surface area contributed by atoms with Crippen molar-refractivity contribution in [2.24, 2.45) is 0 Å². The van der Waals surface area contributed by atoms with E-state index in [4.69, 9.17) is 0 Å². The normalized spacial score (nSPS) is 8.88. The topological polar surface area (TPSA) is 17.1 Å². The van der Waals surface area contributed by atoms with E-state index in [-0.39, 0.29) is 5.78 Å². The van der Waals surface area contributed by atoms with Gasteiger partial charge >= 0.3 is 0 Å². The minimum Gasteiger partial charge on any atom is -0.295 e. The fraction of sp³-hybridized carbons (Fsp3) is 0.0714. The lowest BCUT2D eigenvalue weighted by Gasteiger charge is -1.92. The highest BCUT2D eigenvalue weighted by Gasteiger charge is 1.95. The molecule has 0 N–H and O–H groups in total. The van der Waals surface area contributed by atoms with Gasteiger partial charge in [0.2, 0.25) is 0 Å². The van der Waals surface area contributed by atoms with Gasteiger partial charge in [0, 0.05) is 10.0 Å². The van der Waals surface area contributed by atoms with Crippen LogP contribution >= 0.6 is 15.9 Å². The van der Waals surface area contributed by atoms with Crippen LogP contribution in [0.15, 0.2) is 65.1 Å². The number of ketones is 1. The molecular formula is C14H13BrO. The van der Waals surface area contributed by atoms with E-state index < -0.39 is 0 Å². The SMILES string of the molecule is CC(=O)c1ccc(Br)cc1.c1ccccc1. The average molecular weight is 277 g/mol. The molecule has 2 aromatic carbocycles. The monoisotopic (exact) mass is 276 g/mol. The minimum absolute atomic E-state index is 0.104. The first-order valence-electron chi connectivity index (χ1n) is 4.96. The lowest BCUT2D eigenvalue weighted by atomic mass is 10.2. The summed E-state index contributed by atoms with van der Waals surface area (Å²) >= 11 is 3.28. The molecule has 0 aliphatic heterocycles. The molecule has 1 nitrogen and oxygen atoms in total. The number of benzene rings is 2. The van der Waals surface area contributed by atoms with Crippen LogP contribution in [-0.4, -0.2) is 5.78 Å². The molecular weight excluding hydrogens is 264 g/mol. The van der Waals surface area contributed by atoms with Crippen LogP contribution < -0.4 is 0 Å². The first-order chi connectivity index (χ1) is 7.70. The Morgan fingerprint density at radius 1 is 0.875 bits per heavy atom. The fourth-order valence-electron chi connectivity index (χ4n) is 1.07. The highest BCUT2D eigenvalue weighted by molar-refractivity contribution is 9.10. The van der Waals surface area contributed by atoms with Crippen molar-refractivity contribution >= 4 is 21.7 Å².